The number of hydrogen-bond acceptors (Lipinski definition) is 5. The fraction of sp³-hybridized carbons (Fsp3) is 0. The zero-order valence-electron chi connectivity index (χ0n) is 14.7. The lowest BCUT2D eigenvalue weighted by Crippen LogP contribution is -2.01. The Morgan fingerprint density at radius 1 is 0.857 bits per heavy atom. The van der Waals surface area contributed by atoms with Crippen molar-refractivity contribution in [1.82, 2.24) is 4.98 Å². The Bertz CT molecular complexity index is 1200. The summed E-state index contributed by atoms with van der Waals surface area (Å²) in [4.78, 5) is 16.9. The Morgan fingerprint density at radius 3 is 2.14 bits per heavy atom. The number of carbonyl (C=O) groups excluding carboxylic acids is 1. The first-order valence-corrected chi connectivity index (χ1v) is 9.38. The molecule has 1 N–H and O–H groups in total. The maximum Gasteiger partial charge on any atom is 0.193 e. The molecule has 0 saturated heterocycles. The first-order valence-electron chi connectivity index (χ1n) is 8.57. The van der Waals surface area contributed by atoms with Gasteiger partial charge in [0.05, 0.1) is 10.2 Å². The van der Waals surface area contributed by atoms with Crippen LogP contribution in [0.5, 0.6) is 0 Å². The number of nitriles is 1. The number of benzene rings is 3. The molecule has 3 aromatic carbocycles. The van der Waals surface area contributed by atoms with Crippen LogP contribution in [0.25, 0.3) is 21.5 Å². The van der Waals surface area contributed by atoms with Crippen molar-refractivity contribution >= 4 is 38.7 Å². The van der Waals surface area contributed by atoms with Crippen LogP contribution in [0.15, 0.2) is 78.9 Å². The van der Waals surface area contributed by atoms with E-state index in [1.54, 1.807) is 36.4 Å². The van der Waals surface area contributed by atoms with Crippen LogP contribution >= 0.6 is 11.3 Å². The number of aromatic nitrogens is 1. The molecule has 0 saturated carbocycles. The van der Waals surface area contributed by atoms with Gasteiger partial charge in [0.15, 0.2) is 5.78 Å². The third-order valence-electron chi connectivity index (χ3n) is 4.31. The van der Waals surface area contributed by atoms with Crippen molar-refractivity contribution in [3.05, 3.63) is 101 Å². The predicted octanol–water partition coefficient (Wildman–Crippen LogP) is 5.48. The molecule has 1 heterocycles. The number of para-hydroxylation sites is 1. The molecule has 0 amide bonds. The molecule has 0 fully saturated rings. The Hall–Kier alpha value is -3.75. The third kappa shape index (κ3) is 3.29. The van der Waals surface area contributed by atoms with Crippen LogP contribution in [0.2, 0.25) is 0 Å². The molecule has 4 aromatic rings. The minimum atomic E-state index is -0.153. The van der Waals surface area contributed by atoms with Gasteiger partial charge in [-0.05, 0) is 12.1 Å². The minimum absolute atomic E-state index is 0.0951. The maximum absolute atomic E-state index is 12.5. The fourth-order valence-corrected chi connectivity index (χ4v) is 3.82. The molecule has 0 bridgehead atoms. The molecule has 0 aliphatic carbocycles. The average Bonchev–Trinajstić information content (AvgIpc) is 3.18. The number of carbonyl (C=O) groups is 1. The summed E-state index contributed by atoms with van der Waals surface area (Å²) in [7, 11) is 0. The van der Waals surface area contributed by atoms with E-state index < -0.39 is 0 Å². The summed E-state index contributed by atoms with van der Waals surface area (Å²) in [5.41, 5.74) is 2.47. The molecule has 5 heteroatoms. The van der Waals surface area contributed by atoms with Crippen LogP contribution in [0.4, 0.5) is 0 Å². The summed E-state index contributed by atoms with van der Waals surface area (Å²) in [5.74, 6) is -0.248. The second-order valence-corrected chi connectivity index (χ2v) is 7.13. The highest BCUT2D eigenvalue weighted by Crippen LogP contribution is 2.31. The van der Waals surface area contributed by atoms with Crippen molar-refractivity contribution < 1.29 is 9.90 Å². The maximum atomic E-state index is 12.5. The summed E-state index contributed by atoms with van der Waals surface area (Å²) in [6.07, 6.45) is 0. The summed E-state index contributed by atoms with van der Waals surface area (Å²) >= 11 is 1.35. The van der Waals surface area contributed by atoms with E-state index in [-0.39, 0.29) is 17.1 Å². The molecule has 4 nitrogen and oxygen atoms in total. The number of nitrogens with zero attached hydrogens (tertiary/aromatic N) is 2. The highest BCUT2D eigenvalue weighted by atomic mass is 32.1. The quantitative estimate of drug-likeness (QED) is 0.288. The van der Waals surface area contributed by atoms with Crippen LogP contribution in [0.1, 0.15) is 26.5 Å². The average molecular weight is 382 g/mol. The van der Waals surface area contributed by atoms with Gasteiger partial charge in [0.1, 0.15) is 22.4 Å². The topological polar surface area (TPSA) is 74.0 Å². The molecule has 0 atom stereocenters. The normalized spacial score (nSPS) is 11.7. The van der Waals surface area contributed by atoms with Crippen LogP contribution < -0.4 is 0 Å². The Labute approximate surface area is 165 Å². The van der Waals surface area contributed by atoms with Crippen LogP contribution in [0, 0.1) is 11.3 Å². The van der Waals surface area contributed by atoms with Crippen LogP contribution in [0.3, 0.4) is 0 Å². The molecule has 0 unspecified atom stereocenters. The standard InChI is InChI=1S/C23H14N2O2S/c24-14-18(23-25-19-8-4-5-9-20(19)28-23)22(27)17-12-10-16(11-13-17)21(26)15-6-2-1-3-7-15/h1-13,27H/b22-18-. The van der Waals surface area contributed by atoms with E-state index in [0.717, 1.165) is 10.2 Å². The summed E-state index contributed by atoms with van der Waals surface area (Å²) in [6, 6.07) is 25.2. The Balaban J connectivity index is 1.69. The van der Waals surface area contributed by atoms with E-state index >= 15 is 0 Å². The van der Waals surface area contributed by atoms with Gasteiger partial charge >= 0.3 is 0 Å². The molecule has 0 aliphatic rings. The molecule has 134 valence electrons. The molecular weight excluding hydrogens is 368 g/mol. The lowest BCUT2D eigenvalue weighted by molar-refractivity contribution is 0.103. The number of hydrogen-bond donors (Lipinski definition) is 1. The predicted molar refractivity (Wildman–Crippen MR) is 111 cm³/mol. The lowest BCUT2D eigenvalue weighted by Gasteiger charge is -2.05. The van der Waals surface area contributed by atoms with Crippen molar-refractivity contribution in [2.24, 2.45) is 0 Å². The van der Waals surface area contributed by atoms with Gasteiger partial charge in [-0.3, -0.25) is 4.79 Å². The Kier molecular flexibility index (Phi) is 4.71. The van der Waals surface area contributed by atoms with E-state index in [4.69, 9.17) is 0 Å². The van der Waals surface area contributed by atoms with Crippen molar-refractivity contribution in [1.29, 1.82) is 5.26 Å². The van der Waals surface area contributed by atoms with Crippen molar-refractivity contribution in [3.8, 4) is 6.07 Å². The number of aliphatic hydroxyl groups is 1. The van der Waals surface area contributed by atoms with E-state index in [1.165, 1.54) is 11.3 Å². The van der Waals surface area contributed by atoms with Gasteiger partial charge < -0.3 is 5.11 Å². The zero-order valence-corrected chi connectivity index (χ0v) is 15.5. The minimum Gasteiger partial charge on any atom is -0.506 e. The number of thiazole rings is 1. The smallest absolute Gasteiger partial charge is 0.193 e. The van der Waals surface area contributed by atoms with Crippen molar-refractivity contribution in [2.75, 3.05) is 0 Å². The fourth-order valence-electron chi connectivity index (χ4n) is 2.86. The molecule has 0 spiro atoms. The van der Waals surface area contributed by atoms with E-state index in [9.17, 15) is 15.2 Å². The van der Waals surface area contributed by atoms with Gasteiger partial charge in [-0.1, -0.05) is 66.7 Å². The van der Waals surface area contributed by atoms with Crippen LogP contribution in [-0.2, 0) is 0 Å². The van der Waals surface area contributed by atoms with Gasteiger partial charge in [-0.15, -0.1) is 11.3 Å². The number of ketones is 1. The number of rotatable bonds is 4. The molecule has 4 rings (SSSR count). The second kappa shape index (κ2) is 7.47. The summed E-state index contributed by atoms with van der Waals surface area (Å²) in [6.45, 7) is 0. The number of aliphatic hydroxyl groups excluding tert-OH is 1. The number of fused-ring (bicyclic) bond motifs is 1. The largest absolute Gasteiger partial charge is 0.506 e. The molecule has 0 radical (unpaired) electrons. The van der Waals surface area contributed by atoms with Crippen molar-refractivity contribution in [2.45, 2.75) is 0 Å². The van der Waals surface area contributed by atoms with Gasteiger partial charge in [0.2, 0.25) is 0 Å². The second-order valence-electron chi connectivity index (χ2n) is 6.09. The number of allylic oxidation sites excluding steroid dienone is 1. The van der Waals surface area contributed by atoms with E-state index in [0.29, 0.717) is 21.7 Å². The summed E-state index contributed by atoms with van der Waals surface area (Å²) in [5, 5.41) is 20.7. The summed E-state index contributed by atoms with van der Waals surface area (Å²) < 4.78 is 0.946. The Morgan fingerprint density at radius 2 is 1.46 bits per heavy atom. The van der Waals surface area contributed by atoms with Crippen molar-refractivity contribution in [3.63, 3.8) is 0 Å². The highest BCUT2D eigenvalue weighted by Gasteiger charge is 2.16. The monoisotopic (exact) mass is 382 g/mol. The van der Waals surface area contributed by atoms with Gasteiger partial charge in [0, 0.05) is 16.7 Å². The van der Waals surface area contributed by atoms with Gasteiger partial charge in [0.25, 0.3) is 0 Å². The zero-order chi connectivity index (χ0) is 19.5. The first-order chi connectivity index (χ1) is 13.7. The van der Waals surface area contributed by atoms with E-state index in [2.05, 4.69) is 11.1 Å². The molecule has 28 heavy (non-hydrogen) atoms. The molecular formula is C23H14N2O2S. The van der Waals surface area contributed by atoms with Gasteiger partial charge in [-0.25, -0.2) is 4.98 Å². The first kappa shape index (κ1) is 17.7. The molecule has 0 aliphatic heterocycles. The lowest BCUT2D eigenvalue weighted by atomic mass is 10.0. The molecule has 1 aromatic heterocycles. The van der Waals surface area contributed by atoms with Gasteiger partial charge in [-0.2, -0.15) is 5.26 Å². The van der Waals surface area contributed by atoms with E-state index in [1.807, 2.05) is 42.5 Å². The highest BCUT2D eigenvalue weighted by molar-refractivity contribution is 7.19. The third-order valence-corrected chi connectivity index (χ3v) is 5.37. The van der Waals surface area contributed by atoms with Crippen LogP contribution in [-0.4, -0.2) is 15.9 Å². The SMILES string of the molecule is N#C/C(=C(/O)c1ccc(C(=O)c2ccccc2)cc1)c1nc2ccccc2s1.